The molecule has 4 N–H and O–H groups in total. The first-order valence-electron chi connectivity index (χ1n) is 13.3. The van der Waals surface area contributed by atoms with E-state index >= 15 is 0 Å². The average Bonchev–Trinajstić information content (AvgIpc) is 2.80. The minimum atomic E-state index is -0.0952. The SMILES string of the molecule is CCCCCCCCCCCCCCCCC=CNC(=O)Cc1ccc(OCCN)c(O)c1. The van der Waals surface area contributed by atoms with E-state index in [0.29, 0.717) is 18.9 Å². The number of unbranched alkanes of at least 4 members (excludes halogenated alkanes) is 14. The predicted molar refractivity (Wildman–Crippen MR) is 139 cm³/mol. The van der Waals surface area contributed by atoms with E-state index in [0.717, 1.165) is 12.0 Å². The Morgan fingerprint density at radius 1 is 0.939 bits per heavy atom. The van der Waals surface area contributed by atoms with Crippen molar-refractivity contribution < 1.29 is 14.6 Å². The van der Waals surface area contributed by atoms with Crippen LogP contribution in [0.3, 0.4) is 0 Å². The molecule has 0 aliphatic heterocycles. The fourth-order valence-electron chi connectivity index (χ4n) is 3.89. The third-order valence-electron chi connectivity index (χ3n) is 5.85. The molecule has 0 fully saturated rings. The van der Waals surface area contributed by atoms with Crippen molar-refractivity contribution in [3.63, 3.8) is 0 Å². The standard InChI is InChI=1S/C28H48N2O3/c1-2-3-4-5-6-7-8-9-10-11-12-13-14-15-16-17-21-30-28(32)24-25-18-19-27(26(31)23-25)33-22-20-29/h17-19,21,23,31H,2-16,20,22,24,29H2,1H3,(H,30,32). The fraction of sp³-hybridized carbons (Fsp3) is 0.679. The zero-order valence-electron chi connectivity index (χ0n) is 21.0. The smallest absolute Gasteiger partial charge is 0.228 e. The Morgan fingerprint density at radius 3 is 2.06 bits per heavy atom. The third kappa shape index (κ3) is 16.3. The Bertz CT molecular complexity index is 646. The van der Waals surface area contributed by atoms with Crippen LogP contribution < -0.4 is 15.8 Å². The molecule has 0 saturated carbocycles. The summed E-state index contributed by atoms with van der Waals surface area (Å²) in [6.45, 7) is 3.00. The summed E-state index contributed by atoms with van der Waals surface area (Å²) in [6, 6.07) is 5.01. The number of benzene rings is 1. The van der Waals surface area contributed by atoms with E-state index < -0.39 is 0 Å². The summed E-state index contributed by atoms with van der Waals surface area (Å²) >= 11 is 0. The summed E-state index contributed by atoms with van der Waals surface area (Å²) < 4.78 is 5.33. The van der Waals surface area contributed by atoms with Crippen LogP contribution in [-0.2, 0) is 11.2 Å². The van der Waals surface area contributed by atoms with E-state index in [4.69, 9.17) is 10.5 Å². The van der Waals surface area contributed by atoms with E-state index in [-0.39, 0.29) is 18.1 Å². The third-order valence-corrected chi connectivity index (χ3v) is 5.85. The van der Waals surface area contributed by atoms with Crippen molar-refractivity contribution in [3.05, 3.63) is 36.0 Å². The first-order chi connectivity index (χ1) is 16.2. The zero-order chi connectivity index (χ0) is 24.0. The van der Waals surface area contributed by atoms with Crippen LogP contribution in [0.2, 0.25) is 0 Å². The highest BCUT2D eigenvalue weighted by Gasteiger charge is 2.07. The molecule has 0 bridgehead atoms. The topological polar surface area (TPSA) is 84.6 Å². The molecule has 0 aliphatic rings. The van der Waals surface area contributed by atoms with Gasteiger partial charge in [-0.2, -0.15) is 0 Å². The number of hydrogen-bond acceptors (Lipinski definition) is 4. The maximum atomic E-state index is 12.0. The van der Waals surface area contributed by atoms with Gasteiger partial charge in [0.25, 0.3) is 0 Å². The predicted octanol–water partition coefficient (Wildman–Crippen LogP) is 6.77. The quantitative estimate of drug-likeness (QED) is 0.177. The Hall–Kier alpha value is -2.01. The van der Waals surface area contributed by atoms with Crippen LogP contribution in [0.4, 0.5) is 0 Å². The molecule has 0 unspecified atom stereocenters. The molecule has 0 aliphatic carbocycles. The number of phenolic OH excluding ortho intramolecular Hbond substituents is 1. The average molecular weight is 461 g/mol. The van der Waals surface area contributed by atoms with Gasteiger partial charge >= 0.3 is 0 Å². The molecule has 5 nitrogen and oxygen atoms in total. The molecule has 188 valence electrons. The number of rotatable bonds is 21. The number of carbonyl (C=O) groups excluding carboxylic acids is 1. The molecule has 0 aromatic heterocycles. The van der Waals surface area contributed by atoms with Crippen molar-refractivity contribution >= 4 is 5.91 Å². The molecular formula is C28H48N2O3. The van der Waals surface area contributed by atoms with Gasteiger partial charge in [0.05, 0.1) is 6.42 Å². The summed E-state index contributed by atoms with van der Waals surface area (Å²) in [6.07, 6.45) is 24.1. The number of carbonyl (C=O) groups is 1. The number of phenols is 1. The lowest BCUT2D eigenvalue weighted by atomic mass is 10.0. The van der Waals surface area contributed by atoms with Gasteiger partial charge in [-0.05, 0) is 36.7 Å². The number of nitrogens with two attached hydrogens (primary N) is 1. The van der Waals surface area contributed by atoms with Gasteiger partial charge in [-0.15, -0.1) is 0 Å². The lowest BCUT2D eigenvalue weighted by molar-refractivity contribution is -0.119. The van der Waals surface area contributed by atoms with Crippen LogP contribution in [0.15, 0.2) is 30.5 Å². The highest BCUT2D eigenvalue weighted by atomic mass is 16.5. The monoisotopic (exact) mass is 460 g/mol. The highest BCUT2D eigenvalue weighted by Crippen LogP contribution is 2.26. The summed E-state index contributed by atoms with van der Waals surface area (Å²) in [5.41, 5.74) is 6.13. The summed E-state index contributed by atoms with van der Waals surface area (Å²) in [7, 11) is 0. The van der Waals surface area contributed by atoms with Gasteiger partial charge in [0.1, 0.15) is 6.61 Å². The Balaban J connectivity index is 1.95. The van der Waals surface area contributed by atoms with E-state index in [1.807, 2.05) is 6.08 Å². The molecule has 0 radical (unpaired) electrons. The van der Waals surface area contributed by atoms with E-state index in [9.17, 15) is 9.90 Å². The number of ether oxygens (including phenoxy) is 1. The molecule has 0 atom stereocenters. The van der Waals surface area contributed by atoms with Crippen molar-refractivity contribution in [2.45, 2.75) is 110 Å². The van der Waals surface area contributed by atoms with Gasteiger partial charge in [-0.1, -0.05) is 103 Å². The number of nitrogens with one attached hydrogen (secondary N) is 1. The van der Waals surface area contributed by atoms with Crippen LogP contribution in [0.25, 0.3) is 0 Å². The summed E-state index contributed by atoms with van der Waals surface area (Å²) in [4.78, 5) is 12.0. The van der Waals surface area contributed by atoms with Crippen molar-refractivity contribution in [3.8, 4) is 11.5 Å². The number of amides is 1. The molecule has 1 aromatic carbocycles. The fourth-order valence-corrected chi connectivity index (χ4v) is 3.89. The van der Waals surface area contributed by atoms with Crippen molar-refractivity contribution in [2.75, 3.05) is 13.2 Å². The second-order valence-corrected chi connectivity index (χ2v) is 8.97. The summed E-state index contributed by atoms with van der Waals surface area (Å²) in [5, 5.41) is 12.8. The van der Waals surface area contributed by atoms with Gasteiger partial charge in [0.2, 0.25) is 5.91 Å². The zero-order valence-corrected chi connectivity index (χ0v) is 21.0. The molecule has 1 aromatic rings. The van der Waals surface area contributed by atoms with Gasteiger partial charge in [-0.3, -0.25) is 4.79 Å². The largest absolute Gasteiger partial charge is 0.504 e. The lowest BCUT2D eigenvalue weighted by Gasteiger charge is -2.08. The molecule has 0 spiro atoms. The minimum Gasteiger partial charge on any atom is -0.504 e. The maximum Gasteiger partial charge on any atom is 0.228 e. The molecule has 1 amide bonds. The first-order valence-corrected chi connectivity index (χ1v) is 13.3. The van der Waals surface area contributed by atoms with Gasteiger partial charge in [-0.25, -0.2) is 0 Å². The maximum absolute atomic E-state index is 12.0. The first kappa shape index (κ1) is 29.0. The van der Waals surface area contributed by atoms with E-state index in [2.05, 4.69) is 12.2 Å². The Morgan fingerprint density at radius 2 is 1.52 bits per heavy atom. The van der Waals surface area contributed by atoms with Crippen LogP contribution in [0, 0.1) is 0 Å². The minimum absolute atomic E-state index is 0.0297. The Labute approximate surface area is 202 Å². The van der Waals surface area contributed by atoms with Crippen LogP contribution in [0.5, 0.6) is 11.5 Å². The summed E-state index contributed by atoms with van der Waals surface area (Å²) in [5.74, 6) is 0.321. The van der Waals surface area contributed by atoms with Crippen molar-refractivity contribution in [2.24, 2.45) is 5.73 Å². The van der Waals surface area contributed by atoms with E-state index in [1.165, 1.54) is 89.9 Å². The van der Waals surface area contributed by atoms with Crippen molar-refractivity contribution in [1.82, 2.24) is 5.32 Å². The molecular weight excluding hydrogens is 412 g/mol. The number of allylic oxidation sites excluding steroid dienone is 1. The van der Waals surface area contributed by atoms with Gasteiger partial charge < -0.3 is 20.9 Å². The van der Waals surface area contributed by atoms with Gasteiger partial charge in [0.15, 0.2) is 11.5 Å². The van der Waals surface area contributed by atoms with Crippen LogP contribution >= 0.6 is 0 Å². The highest BCUT2D eigenvalue weighted by molar-refractivity contribution is 5.79. The lowest BCUT2D eigenvalue weighted by Crippen LogP contribution is -2.19. The molecule has 0 saturated heterocycles. The van der Waals surface area contributed by atoms with Gasteiger partial charge in [0, 0.05) is 6.54 Å². The number of hydrogen-bond donors (Lipinski definition) is 3. The van der Waals surface area contributed by atoms with Crippen LogP contribution in [-0.4, -0.2) is 24.2 Å². The number of aromatic hydroxyl groups is 1. The molecule has 1 rings (SSSR count). The van der Waals surface area contributed by atoms with Crippen LogP contribution in [0.1, 0.15) is 109 Å². The van der Waals surface area contributed by atoms with E-state index in [1.54, 1.807) is 24.4 Å². The second-order valence-electron chi connectivity index (χ2n) is 8.97. The normalized spacial score (nSPS) is 11.2. The molecule has 0 heterocycles. The Kier molecular flexibility index (Phi) is 18.1. The molecule has 5 heteroatoms. The molecule has 33 heavy (non-hydrogen) atoms. The second kappa shape index (κ2) is 20.6. The van der Waals surface area contributed by atoms with Crippen molar-refractivity contribution in [1.29, 1.82) is 0 Å².